The van der Waals surface area contributed by atoms with Crippen LogP contribution in [0.3, 0.4) is 0 Å². The fourth-order valence-corrected chi connectivity index (χ4v) is 4.08. The third-order valence-corrected chi connectivity index (χ3v) is 6.02. The van der Waals surface area contributed by atoms with Crippen molar-refractivity contribution in [2.75, 3.05) is 24.9 Å². The number of nitrogens with one attached hydrogen (secondary N) is 1. The van der Waals surface area contributed by atoms with Gasteiger partial charge in [-0.15, -0.1) is 0 Å². The molecule has 7 heteroatoms. The van der Waals surface area contributed by atoms with E-state index in [0.717, 1.165) is 31.5 Å². The minimum atomic E-state index is -3.69. The van der Waals surface area contributed by atoms with Gasteiger partial charge in [0.25, 0.3) is 10.0 Å². The largest absolute Gasteiger partial charge is 0.497 e. The van der Waals surface area contributed by atoms with Crippen molar-refractivity contribution in [1.82, 2.24) is 4.90 Å². The number of carbonyl (C=O) groups excluding carboxylic acids is 1. The minimum absolute atomic E-state index is 0.00225. The Balaban J connectivity index is 1.65. The molecule has 0 spiro atoms. The number of piperidine rings is 1. The monoisotopic (exact) mass is 400 g/mol. The van der Waals surface area contributed by atoms with Crippen LogP contribution in [0.4, 0.5) is 5.69 Å². The van der Waals surface area contributed by atoms with Crippen molar-refractivity contribution >= 4 is 27.7 Å². The number of anilines is 1. The Kier molecular flexibility index (Phi) is 6.36. The minimum Gasteiger partial charge on any atom is -0.497 e. The molecule has 6 nitrogen and oxygen atoms in total. The quantitative estimate of drug-likeness (QED) is 0.753. The highest BCUT2D eigenvalue weighted by atomic mass is 32.2. The molecule has 1 aliphatic rings. The van der Waals surface area contributed by atoms with Crippen LogP contribution in [-0.2, 0) is 14.8 Å². The molecule has 1 amide bonds. The molecule has 0 saturated carbocycles. The molecular formula is C21H24N2O4S. The summed E-state index contributed by atoms with van der Waals surface area (Å²) in [5.41, 5.74) is 1.23. The van der Waals surface area contributed by atoms with Gasteiger partial charge in [0.15, 0.2) is 0 Å². The van der Waals surface area contributed by atoms with Gasteiger partial charge >= 0.3 is 0 Å². The summed E-state index contributed by atoms with van der Waals surface area (Å²) in [7, 11) is -2.14. The van der Waals surface area contributed by atoms with Gasteiger partial charge in [-0.05, 0) is 67.3 Å². The topological polar surface area (TPSA) is 75.7 Å². The van der Waals surface area contributed by atoms with E-state index in [9.17, 15) is 13.2 Å². The van der Waals surface area contributed by atoms with Crippen LogP contribution in [0.25, 0.3) is 6.08 Å². The van der Waals surface area contributed by atoms with E-state index in [1.54, 1.807) is 55.7 Å². The van der Waals surface area contributed by atoms with Gasteiger partial charge < -0.3 is 9.64 Å². The van der Waals surface area contributed by atoms with Gasteiger partial charge in [-0.3, -0.25) is 9.52 Å². The first-order valence-electron chi connectivity index (χ1n) is 9.22. The van der Waals surface area contributed by atoms with Gasteiger partial charge in [0.1, 0.15) is 5.75 Å². The third kappa shape index (κ3) is 5.13. The third-order valence-electron chi connectivity index (χ3n) is 4.62. The van der Waals surface area contributed by atoms with Crippen molar-refractivity contribution in [3.05, 3.63) is 60.2 Å². The Morgan fingerprint density at radius 1 is 1.00 bits per heavy atom. The number of hydrogen-bond donors (Lipinski definition) is 1. The van der Waals surface area contributed by atoms with E-state index < -0.39 is 10.0 Å². The standard InChI is InChI=1S/C21H24N2O4S/c1-27-19-10-8-18(9-11-19)22-28(25,26)20-12-5-17(6-13-20)7-14-21(24)23-15-3-2-4-16-23/h5-14,22H,2-4,15-16H2,1H3/b14-7+. The Bertz CT molecular complexity index is 929. The highest BCUT2D eigenvalue weighted by molar-refractivity contribution is 7.92. The molecule has 0 aliphatic carbocycles. The molecule has 1 aliphatic heterocycles. The van der Waals surface area contributed by atoms with Crippen LogP contribution in [0, 0.1) is 0 Å². The predicted molar refractivity (Wildman–Crippen MR) is 110 cm³/mol. The lowest BCUT2D eigenvalue weighted by Gasteiger charge is -2.25. The number of sulfonamides is 1. The maximum Gasteiger partial charge on any atom is 0.261 e. The Morgan fingerprint density at radius 3 is 2.25 bits per heavy atom. The molecule has 0 unspecified atom stereocenters. The van der Waals surface area contributed by atoms with Gasteiger partial charge in [0.05, 0.1) is 12.0 Å². The summed E-state index contributed by atoms with van der Waals surface area (Å²) in [6.07, 6.45) is 6.53. The van der Waals surface area contributed by atoms with E-state index in [-0.39, 0.29) is 10.8 Å². The number of nitrogens with zero attached hydrogens (tertiary/aromatic N) is 1. The molecule has 1 fully saturated rings. The van der Waals surface area contributed by atoms with Crippen LogP contribution < -0.4 is 9.46 Å². The van der Waals surface area contributed by atoms with Crippen LogP contribution in [-0.4, -0.2) is 39.4 Å². The number of amides is 1. The van der Waals surface area contributed by atoms with Gasteiger partial charge in [-0.25, -0.2) is 8.42 Å². The summed E-state index contributed by atoms with van der Waals surface area (Å²) in [5, 5.41) is 0. The molecule has 0 aromatic heterocycles. The molecular weight excluding hydrogens is 376 g/mol. The number of likely N-dealkylation sites (tertiary alicyclic amines) is 1. The van der Waals surface area contributed by atoms with Crippen LogP contribution in [0.2, 0.25) is 0 Å². The number of benzene rings is 2. The number of rotatable bonds is 6. The highest BCUT2D eigenvalue weighted by Crippen LogP contribution is 2.20. The van der Waals surface area contributed by atoms with Gasteiger partial charge in [-0.1, -0.05) is 12.1 Å². The molecule has 1 N–H and O–H groups in total. The van der Waals surface area contributed by atoms with Gasteiger partial charge in [0.2, 0.25) is 5.91 Å². The first-order chi connectivity index (χ1) is 13.5. The van der Waals surface area contributed by atoms with E-state index in [2.05, 4.69) is 4.72 Å². The van der Waals surface area contributed by atoms with Crippen LogP contribution in [0.15, 0.2) is 59.5 Å². The summed E-state index contributed by atoms with van der Waals surface area (Å²) >= 11 is 0. The maximum atomic E-state index is 12.5. The lowest BCUT2D eigenvalue weighted by Crippen LogP contribution is -2.34. The van der Waals surface area contributed by atoms with Crippen molar-refractivity contribution in [3.8, 4) is 5.75 Å². The molecule has 2 aromatic rings. The molecule has 0 atom stereocenters. The molecule has 0 bridgehead atoms. The predicted octanol–water partition coefficient (Wildman–Crippen LogP) is 3.52. The molecule has 3 rings (SSSR count). The Morgan fingerprint density at radius 2 is 1.64 bits per heavy atom. The normalized spacial score (nSPS) is 14.8. The first kappa shape index (κ1) is 19.9. The number of hydrogen-bond acceptors (Lipinski definition) is 4. The molecule has 1 heterocycles. The second-order valence-corrected chi connectivity index (χ2v) is 8.30. The zero-order chi connectivity index (χ0) is 20.0. The second-order valence-electron chi connectivity index (χ2n) is 6.62. The molecule has 1 saturated heterocycles. The van der Waals surface area contributed by atoms with E-state index in [1.165, 1.54) is 18.6 Å². The SMILES string of the molecule is COc1ccc(NS(=O)(=O)c2ccc(/C=C/C(=O)N3CCCCC3)cc2)cc1. The lowest BCUT2D eigenvalue weighted by atomic mass is 10.1. The van der Waals surface area contributed by atoms with E-state index in [1.807, 2.05) is 4.90 Å². The van der Waals surface area contributed by atoms with Crippen LogP contribution >= 0.6 is 0 Å². The molecule has 0 radical (unpaired) electrons. The Hall–Kier alpha value is -2.80. The fraction of sp³-hybridized carbons (Fsp3) is 0.286. The van der Waals surface area contributed by atoms with E-state index >= 15 is 0 Å². The van der Waals surface area contributed by atoms with Crippen molar-refractivity contribution in [3.63, 3.8) is 0 Å². The second kappa shape index (κ2) is 8.93. The lowest BCUT2D eigenvalue weighted by molar-refractivity contribution is -0.126. The summed E-state index contributed by atoms with van der Waals surface area (Å²) in [5.74, 6) is 0.649. The average molecular weight is 401 g/mol. The van der Waals surface area contributed by atoms with Crippen molar-refractivity contribution < 1.29 is 17.9 Å². The maximum absolute atomic E-state index is 12.5. The van der Waals surface area contributed by atoms with Crippen LogP contribution in [0.1, 0.15) is 24.8 Å². The zero-order valence-corrected chi connectivity index (χ0v) is 16.6. The van der Waals surface area contributed by atoms with E-state index in [4.69, 9.17) is 4.74 Å². The fourth-order valence-electron chi connectivity index (χ4n) is 3.02. The van der Waals surface area contributed by atoms with Crippen molar-refractivity contribution in [2.45, 2.75) is 24.2 Å². The van der Waals surface area contributed by atoms with Crippen molar-refractivity contribution in [2.24, 2.45) is 0 Å². The van der Waals surface area contributed by atoms with Crippen molar-refractivity contribution in [1.29, 1.82) is 0 Å². The zero-order valence-electron chi connectivity index (χ0n) is 15.8. The average Bonchev–Trinajstić information content (AvgIpc) is 2.73. The van der Waals surface area contributed by atoms with Gasteiger partial charge in [-0.2, -0.15) is 0 Å². The summed E-state index contributed by atoms with van der Waals surface area (Å²) in [6.45, 7) is 1.61. The molecule has 28 heavy (non-hydrogen) atoms. The van der Waals surface area contributed by atoms with E-state index in [0.29, 0.717) is 11.4 Å². The smallest absolute Gasteiger partial charge is 0.261 e. The highest BCUT2D eigenvalue weighted by Gasteiger charge is 2.15. The Labute approximate surface area is 165 Å². The summed E-state index contributed by atoms with van der Waals surface area (Å²) in [6, 6.07) is 13.1. The number of methoxy groups -OCH3 is 1. The van der Waals surface area contributed by atoms with Crippen LogP contribution in [0.5, 0.6) is 5.75 Å². The first-order valence-corrected chi connectivity index (χ1v) is 10.7. The molecule has 148 valence electrons. The summed E-state index contributed by atoms with van der Waals surface area (Å²) in [4.78, 5) is 14.2. The van der Waals surface area contributed by atoms with Gasteiger partial charge in [0, 0.05) is 24.9 Å². The summed E-state index contributed by atoms with van der Waals surface area (Å²) < 4.78 is 32.6. The molecule has 2 aromatic carbocycles. The number of ether oxygens (including phenoxy) is 1. The number of carbonyl (C=O) groups is 1.